The van der Waals surface area contributed by atoms with E-state index in [9.17, 15) is 13.2 Å². The molecule has 1 aromatic heterocycles. The zero-order valence-corrected chi connectivity index (χ0v) is 15.3. The fraction of sp³-hybridized carbons (Fsp3) is 0.368. The van der Waals surface area contributed by atoms with Crippen molar-refractivity contribution >= 4 is 15.9 Å². The van der Waals surface area contributed by atoms with Crippen LogP contribution in [-0.4, -0.2) is 31.9 Å². The Kier molecular flexibility index (Phi) is 6.00. The highest BCUT2D eigenvalue weighted by Gasteiger charge is 2.23. The van der Waals surface area contributed by atoms with E-state index in [0.29, 0.717) is 18.5 Å². The molecule has 1 fully saturated rings. The summed E-state index contributed by atoms with van der Waals surface area (Å²) < 4.78 is 27.8. The lowest BCUT2D eigenvalue weighted by Gasteiger charge is -2.13. The molecule has 0 spiro atoms. The SMILES string of the molecule is O=C(NCCc1ccccn1)c1cccc(S(=O)(=O)NC2CCCC2)c1. The summed E-state index contributed by atoms with van der Waals surface area (Å²) in [6, 6.07) is 11.8. The van der Waals surface area contributed by atoms with Gasteiger partial charge < -0.3 is 5.32 Å². The van der Waals surface area contributed by atoms with Crippen LogP contribution in [0.2, 0.25) is 0 Å². The Bertz CT molecular complexity index is 847. The van der Waals surface area contributed by atoms with Crippen molar-refractivity contribution in [2.75, 3.05) is 6.54 Å². The number of aromatic nitrogens is 1. The smallest absolute Gasteiger partial charge is 0.251 e. The summed E-state index contributed by atoms with van der Waals surface area (Å²) in [5.41, 5.74) is 1.23. The van der Waals surface area contributed by atoms with Crippen LogP contribution in [-0.2, 0) is 16.4 Å². The van der Waals surface area contributed by atoms with Crippen molar-refractivity contribution in [3.8, 4) is 0 Å². The summed E-state index contributed by atoms with van der Waals surface area (Å²) in [6.07, 6.45) is 6.16. The van der Waals surface area contributed by atoms with Crippen LogP contribution in [0.3, 0.4) is 0 Å². The van der Waals surface area contributed by atoms with E-state index in [-0.39, 0.29) is 16.8 Å². The minimum Gasteiger partial charge on any atom is -0.352 e. The van der Waals surface area contributed by atoms with Gasteiger partial charge in [0, 0.05) is 36.5 Å². The molecular formula is C19H23N3O3S. The molecule has 0 saturated heterocycles. The first-order valence-electron chi connectivity index (χ1n) is 8.85. The molecule has 26 heavy (non-hydrogen) atoms. The van der Waals surface area contributed by atoms with Gasteiger partial charge in [-0.1, -0.05) is 25.0 Å². The summed E-state index contributed by atoms with van der Waals surface area (Å²) in [4.78, 5) is 16.6. The van der Waals surface area contributed by atoms with Crippen LogP contribution >= 0.6 is 0 Å². The molecule has 0 radical (unpaired) electrons. The Hall–Kier alpha value is -2.25. The van der Waals surface area contributed by atoms with E-state index in [1.807, 2.05) is 18.2 Å². The third-order valence-corrected chi connectivity index (χ3v) is 5.99. The molecule has 1 aromatic carbocycles. The van der Waals surface area contributed by atoms with Gasteiger partial charge in [-0.2, -0.15) is 0 Å². The topological polar surface area (TPSA) is 88.2 Å². The van der Waals surface area contributed by atoms with Crippen LogP contribution in [0.25, 0.3) is 0 Å². The average Bonchev–Trinajstić information content (AvgIpc) is 3.15. The van der Waals surface area contributed by atoms with Crippen molar-refractivity contribution in [3.63, 3.8) is 0 Å². The Labute approximate surface area is 154 Å². The molecule has 1 heterocycles. The quantitative estimate of drug-likeness (QED) is 0.779. The molecule has 138 valence electrons. The second kappa shape index (κ2) is 8.42. The van der Waals surface area contributed by atoms with Crippen LogP contribution in [0.4, 0.5) is 0 Å². The lowest BCUT2D eigenvalue weighted by Crippen LogP contribution is -2.33. The summed E-state index contributed by atoms with van der Waals surface area (Å²) in [5, 5.41) is 2.81. The summed E-state index contributed by atoms with van der Waals surface area (Å²) in [7, 11) is -3.60. The number of carbonyl (C=O) groups excluding carboxylic acids is 1. The molecule has 1 aliphatic rings. The lowest BCUT2D eigenvalue weighted by atomic mass is 10.2. The maximum Gasteiger partial charge on any atom is 0.251 e. The molecule has 2 N–H and O–H groups in total. The van der Waals surface area contributed by atoms with Gasteiger partial charge in [-0.25, -0.2) is 13.1 Å². The monoisotopic (exact) mass is 373 g/mol. The molecule has 0 bridgehead atoms. The van der Waals surface area contributed by atoms with Crippen LogP contribution in [0.15, 0.2) is 53.6 Å². The van der Waals surface area contributed by atoms with E-state index >= 15 is 0 Å². The van der Waals surface area contributed by atoms with E-state index in [2.05, 4.69) is 15.0 Å². The molecule has 2 aromatic rings. The highest BCUT2D eigenvalue weighted by Crippen LogP contribution is 2.20. The molecule has 1 amide bonds. The van der Waals surface area contributed by atoms with Crippen molar-refractivity contribution in [1.82, 2.24) is 15.0 Å². The van der Waals surface area contributed by atoms with Gasteiger partial charge in [-0.15, -0.1) is 0 Å². The first-order valence-corrected chi connectivity index (χ1v) is 10.3. The van der Waals surface area contributed by atoms with Gasteiger partial charge in [0.1, 0.15) is 0 Å². The van der Waals surface area contributed by atoms with Gasteiger partial charge >= 0.3 is 0 Å². The Morgan fingerprint density at radius 1 is 1.12 bits per heavy atom. The van der Waals surface area contributed by atoms with Gasteiger partial charge in [0.05, 0.1) is 4.90 Å². The van der Waals surface area contributed by atoms with Crippen molar-refractivity contribution < 1.29 is 13.2 Å². The molecule has 7 heteroatoms. The number of pyridine rings is 1. The fourth-order valence-electron chi connectivity index (χ4n) is 3.09. The fourth-order valence-corrected chi connectivity index (χ4v) is 4.44. The van der Waals surface area contributed by atoms with Gasteiger partial charge in [0.25, 0.3) is 5.91 Å². The minimum atomic E-state index is -3.60. The van der Waals surface area contributed by atoms with Crippen molar-refractivity contribution in [1.29, 1.82) is 0 Å². The molecule has 0 aliphatic heterocycles. The zero-order chi connectivity index (χ0) is 18.4. The van der Waals surface area contributed by atoms with Gasteiger partial charge in [-0.05, 0) is 43.2 Å². The lowest BCUT2D eigenvalue weighted by molar-refractivity contribution is 0.0954. The number of benzene rings is 1. The number of nitrogens with zero attached hydrogens (tertiary/aromatic N) is 1. The van der Waals surface area contributed by atoms with Crippen molar-refractivity contribution in [2.45, 2.75) is 43.0 Å². The zero-order valence-electron chi connectivity index (χ0n) is 14.5. The second-order valence-electron chi connectivity index (χ2n) is 6.46. The first-order chi connectivity index (χ1) is 12.5. The predicted octanol–water partition coefficient (Wildman–Crippen LogP) is 2.28. The van der Waals surface area contributed by atoms with Crippen LogP contribution in [0, 0.1) is 0 Å². The van der Waals surface area contributed by atoms with E-state index in [4.69, 9.17) is 0 Å². The number of nitrogens with one attached hydrogen (secondary N) is 2. The van der Waals surface area contributed by atoms with Crippen molar-refractivity contribution in [3.05, 3.63) is 59.9 Å². The van der Waals surface area contributed by atoms with E-state index in [1.165, 1.54) is 12.1 Å². The maximum atomic E-state index is 12.5. The molecule has 1 saturated carbocycles. The van der Waals surface area contributed by atoms with Crippen LogP contribution in [0.1, 0.15) is 41.7 Å². The Morgan fingerprint density at radius 2 is 1.92 bits per heavy atom. The number of amides is 1. The number of hydrogen-bond acceptors (Lipinski definition) is 4. The first kappa shape index (κ1) is 18.5. The third-order valence-electron chi connectivity index (χ3n) is 4.48. The van der Waals surface area contributed by atoms with E-state index in [0.717, 1.165) is 31.4 Å². The van der Waals surface area contributed by atoms with Gasteiger partial charge in [0.2, 0.25) is 10.0 Å². The predicted molar refractivity (Wildman–Crippen MR) is 99.3 cm³/mol. The average molecular weight is 373 g/mol. The largest absolute Gasteiger partial charge is 0.352 e. The van der Waals surface area contributed by atoms with E-state index in [1.54, 1.807) is 18.3 Å². The van der Waals surface area contributed by atoms with E-state index < -0.39 is 10.0 Å². The van der Waals surface area contributed by atoms with Crippen molar-refractivity contribution in [2.24, 2.45) is 0 Å². The molecule has 6 nitrogen and oxygen atoms in total. The van der Waals surface area contributed by atoms with Gasteiger partial charge in [-0.3, -0.25) is 9.78 Å². The van der Waals surface area contributed by atoms with Crippen LogP contribution in [0.5, 0.6) is 0 Å². The standard InChI is InChI=1S/C19H23N3O3S/c23-19(21-13-11-16-7-3-4-12-20-16)15-6-5-10-18(14-15)26(24,25)22-17-8-1-2-9-17/h3-7,10,12,14,17,22H,1-2,8-9,11,13H2,(H,21,23). The number of sulfonamides is 1. The molecule has 3 rings (SSSR count). The Morgan fingerprint density at radius 3 is 2.65 bits per heavy atom. The Balaban J connectivity index is 1.61. The maximum absolute atomic E-state index is 12.5. The highest BCUT2D eigenvalue weighted by molar-refractivity contribution is 7.89. The minimum absolute atomic E-state index is 0.00384. The summed E-state index contributed by atoms with van der Waals surface area (Å²) >= 11 is 0. The number of carbonyl (C=O) groups is 1. The summed E-state index contributed by atoms with van der Waals surface area (Å²) in [5.74, 6) is -0.293. The summed E-state index contributed by atoms with van der Waals surface area (Å²) in [6.45, 7) is 0.438. The molecule has 0 unspecified atom stereocenters. The molecule has 0 atom stereocenters. The van der Waals surface area contributed by atoms with Gasteiger partial charge in [0.15, 0.2) is 0 Å². The number of hydrogen-bond donors (Lipinski definition) is 2. The second-order valence-corrected chi connectivity index (χ2v) is 8.17. The third kappa shape index (κ3) is 4.89. The number of rotatable bonds is 7. The normalized spacial score (nSPS) is 15.1. The van der Waals surface area contributed by atoms with Crippen LogP contribution < -0.4 is 10.0 Å². The molecular weight excluding hydrogens is 350 g/mol. The highest BCUT2D eigenvalue weighted by atomic mass is 32.2. The molecule has 1 aliphatic carbocycles.